The summed E-state index contributed by atoms with van der Waals surface area (Å²) < 4.78 is 0. The van der Waals surface area contributed by atoms with Crippen molar-refractivity contribution in [1.29, 1.82) is 0 Å². The van der Waals surface area contributed by atoms with Crippen LogP contribution in [0.1, 0.15) is 46.0 Å². The normalized spacial score (nSPS) is 20.0. The number of aliphatic imine (C=N–C) groups is 1. The molecule has 2 fully saturated rings. The van der Waals surface area contributed by atoms with Crippen LogP contribution in [0.5, 0.6) is 0 Å². The van der Waals surface area contributed by atoms with E-state index in [4.69, 9.17) is 4.99 Å². The molecule has 1 aliphatic heterocycles. The largest absolute Gasteiger partial charge is 0.357 e. The minimum Gasteiger partial charge on any atom is -0.357 e. The van der Waals surface area contributed by atoms with E-state index in [1.807, 2.05) is 18.5 Å². The summed E-state index contributed by atoms with van der Waals surface area (Å²) in [6.45, 7) is 10.2. The number of rotatable bonds is 5. The van der Waals surface area contributed by atoms with Gasteiger partial charge in [0, 0.05) is 51.7 Å². The van der Waals surface area contributed by atoms with Crippen molar-refractivity contribution in [2.24, 2.45) is 10.4 Å². The molecule has 1 aliphatic carbocycles. The Morgan fingerprint density at radius 1 is 1.12 bits per heavy atom. The molecule has 146 valence electrons. The fourth-order valence-corrected chi connectivity index (χ4v) is 3.99. The molecule has 0 radical (unpaired) electrons. The molecule has 0 amide bonds. The van der Waals surface area contributed by atoms with Gasteiger partial charge in [-0.15, -0.1) is 24.0 Å². The number of piperazine rings is 1. The van der Waals surface area contributed by atoms with Gasteiger partial charge in [-0.25, -0.2) is 9.97 Å². The molecule has 2 aliphatic rings. The molecular formula is C19H33IN6. The SMILES string of the molecule is CCNC(=NCC1(CC)CCCC1)N1CCN(c2ncccn2)CC1.I. The van der Waals surface area contributed by atoms with Crippen molar-refractivity contribution < 1.29 is 0 Å². The van der Waals surface area contributed by atoms with E-state index >= 15 is 0 Å². The van der Waals surface area contributed by atoms with Crippen LogP contribution in [0.4, 0.5) is 5.95 Å². The summed E-state index contributed by atoms with van der Waals surface area (Å²) in [5.41, 5.74) is 0.445. The van der Waals surface area contributed by atoms with Gasteiger partial charge < -0.3 is 15.1 Å². The fourth-order valence-electron chi connectivity index (χ4n) is 3.99. The van der Waals surface area contributed by atoms with Crippen LogP contribution in [-0.4, -0.2) is 60.1 Å². The lowest BCUT2D eigenvalue weighted by Crippen LogP contribution is -2.53. The van der Waals surface area contributed by atoms with Gasteiger partial charge in [0.25, 0.3) is 0 Å². The van der Waals surface area contributed by atoms with Crippen LogP contribution < -0.4 is 10.2 Å². The molecule has 1 N–H and O–H groups in total. The molecule has 2 heterocycles. The average Bonchev–Trinajstić information content (AvgIpc) is 3.15. The highest BCUT2D eigenvalue weighted by Crippen LogP contribution is 2.41. The van der Waals surface area contributed by atoms with Crippen molar-refractivity contribution >= 4 is 35.9 Å². The monoisotopic (exact) mass is 472 g/mol. The molecule has 1 aromatic rings. The predicted octanol–water partition coefficient (Wildman–Crippen LogP) is 3.15. The maximum Gasteiger partial charge on any atom is 0.225 e. The number of anilines is 1. The standard InChI is InChI=1S/C19H32N6.HI/c1-3-19(8-5-6-9-19)16-23-17(20-4-2)24-12-14-25(15-13-24)18-21-10-7-11-22-18;/h7,10-11H,3-6,8-9,12-16H2,1-2H3,(H,20,23);1H. The number of hydrogen-bond acceptors (Lipinski definition) is 4. The van der Waals surface area contributed by atoms with Crippen molar-refractivity contribution in [2.75, 3.05) is 44.2 Å². The second-order valence-corrected chi connectivity index (χ2v) is 7.25. The van der Waals surface area contributed by atoms with Gasteiger partial charge in [-0.2, -0.15) is 0 Å². The Bertz CT molecular complexity index is 550. The summed E-state index contributed by atoms with van der Waals surface area (Å²) in [5, 5.41) is 3.50. The van der Waals surface area contributed by atoms with Gasteiger partial charge in [-0.05, 0) is 37.7 Å². The Morgan fingerprint density at radius 3 is 2.35 bits per heavy atom. The first-order valence-corrected chi connectivity index (χ1v) is 9.81. The van der Waals surface area contributed by atoms with Crippen molar-refractivity contribution in [1.82, 2.24) is 20.2 Å². The third kappa shape index (κ3) is 5.20. The number of hydrogen-bond donors (Lipinski definition) is 1. The van der Waals surface area contributed by atoms with Gasteiger partial charge in [0.2, 0.25) is 5.95 Å². The van der Waals surface area contributed by atoms with Gasteiger partial charge in [0.05, 0.1) is 0 Å². The molecule has 0 spiro atoms. The third-order valence-corrected chi connectivity index (χ3v) is 5.73. The van der Waals surface area contributed by atoms with E-state index in [9.17, 15) is 0 Å². The minimum atomic E-state index is 0. The Kier molecular flexibility index (Phi) is 8.37. The Balaban J connectivity index is 0.00000243. The highest BCUT2D eigenvalue weighted by Gasteiger charge is 2.32. The van der Waals surface area contributed by atoms with Crippen LogP contribution in [0, 0.1) is 5.41 Å². The van der Waals surface area contributed by atoms with E-state index < -0.39 is 0 Å². The zero-order valence-corrected chi connectivity index (χ0v) is 18.5. The number of halogens is 1. The smallest absolute Gasteiger partial charge is 0.225 e. The molecule has 1 saturated carbocycles. The maximum absolute atomic E-state index is 5.04. The summed E-state index contributed by atoms with van der Waals surface area (Å²) in [4.78, 5) is 18.4. The van der Waals surface area contributed by atoms with Crippen LogP contribution in [0.15, 0.2) is 23.5 Å². The average molecular weight is 472 g/mol. The summed E-state index contributed by atoms with van der Waals surface area (Å²) in [6, 6.07) is 1.86. The van der Waals surface area contributed by atoms with E-state index in [1.165, 1.54) is 32.1 Å². The fraction of sp³-hybridized carbons (Fsp3) is 0.737. The van der Waals surface area contributed by atoms with E-state index in [1.54, 1.807) is 0 Å². The topological polar surface area (TPSA) is 56.7 Å². The van der Waals surface area contributed by atoms with Crippen molar-refractivity contribution in [3.8, 4) is 0 Å². The zero-order valence-electron chi connectivity index (χ0n) is 16.2. The Morgan fingerprint density at radius 2 is 1.77 bits per heavy atom. The molecule has 6 nitrogen and oxygen atoms in total. The highest BCUT2D eigenvalue weighted by molar-refractivity contribution is 14.0. The maximum atomic E-state index is 5.04. The van der Waals surface area contributed by atoms with Crippen molar-refractivity contribution in [2.45, 2.75) is 46.0 Å². The number of aromatic nitrogens is 2. The Hall–Kier alpha value is -1.12. The molecule has 0 bridgehead atoms. The second-order valence-electron chi connectivity index (χ2n) is 7.25. The summed E-state index contributed by atoms with van der Waals surface area (Å²) in [7, 11) is 0. The van der Waals surface area contributed by atoms with E-state index in [2.05, 4.69) is 38.9 Å². The van der Waals surface area contributed by atoms with Gasteiger partial charge in [0.1, 0.15) is 0 Å². The minimum absolute atomic E-state index is 0. The molecule has 0 atom stereocenters. The third-order valence-electron chi connectivity index (χ3n) is 5.73. The van der Waals surface area contributed by atoms with Gasteiger partial charge >= 0.3 is 0 Å². The van der Waals surface area contributed by atoms with Crippen molar-refractivity contribution in [3.63, 3.8) is 0 Å². The number of guanidine groups is 1. The molecule has 0 unspecified atom stereocenters. The first kappa shape index (κ1) is 21.2. The van der Waals surface area contributed by atoms with E-state index in [0.717, 1.165) is 51.2 Å². The van der Waals surface area contributed by atoms with Crippen LogP contribution in [-0.2, 0) is 0 Å². The van der Waals surface area contributed by atoms with Crippen LogP contribution in [0.2, 0.25) is 0 Å². The van der Waals surface area contributed by atoms with Crippen LogP contribution in [0.25, 0.3) is 0 Å². The summed E-state index contributed by atoms with van der Waals surface area (Å²) in [5.74, 6) is 1.91. The summed E-state index contributed by atoms with van der Waals surface area (Å²) >= 11 is 0. The molecule has 26 heavy (non-hydrogen) atoms. The first-order valence-electron chi connectivity index (χ1n) is 9.81. The number of nitrogens with zero attached hydrogens (tertiary/aromatic N) is 5. The first-order chi connectivity index (χ1) is 12.3. The lowest BCUT2D eigenvalue weighted by molar-refractivity contribution is 0.293. The van der Waals surface area contributed by atoms with Crippen molar-refractivity contribution in [3.05, 3.63) is 18.5 Å². The van der Waals surface area contributed by atoms with Gasteiger partial charge in [-0.1, -0.05) is 19.8 Å². The second kappa shape index (κ2) is 10.3. The molecule has 0 aromatic carbocycles. The molecule has 3 rings (SSSR count). The molecular weight excluding hydrogens is 439 g/mol. The molecule has 1 saturated heterocycles. The lowest BCUT2D eigenvalue weighted by atomic mass is 9.83. The van der Waals surface area contributed by atoms with Gasteiger partial charge in [0.15, 0.2) is 5.96 Å². The highest BCUT2D eigenvalue weighted by atomic mass is 127. The van der Waals surface area contributed by atoms with E-state index in [0.29, 0.717) is 5.41 Å². The summed E-state index contributed by atoms with van der Waals surface area (Å²) in [6.07, 6.45) is 10.3. The molecule has 7 heteroatoms. The molecule has 1 aromatic heterocycles. The lowest BCUT2D eigenvalue weighted by Gasteiger charge is -2.37. The van der Waals surface area contributed by atoms with Crippen LogP contribution in [0.3, 0.4) is 0 Å². The Labute approximate surface area is 174 Å². The predicted molar refractivity (Wildman–Crippen MR) is 118 cm³/mol. The van der Waals surface area contributed by atoms with E-state index in [-0.39, 0.29) is 24.0 Å². The zero-order chi connectivity index (χ0) is 17.5. The quantitative estimate of drug-likeness (QED) is 0.406. The number of nitrogens with one attached hydrogen (secondary N) is 1. The van der Waals surface area contributed by atoms with Gasteiger partial charge in [-0.3, -0.25) is 4.99 Å². The van der Waals surface area contributed by atoms with Crippen LogP contribution >= 0.6 is 24.0 Å².